The molecule has 0 fully saturated rings. The van der Waals surface area contributed by atoms with Crippen LogP contribution in [0.1, 0.15) is 26.2 Å². The van der Waals surface area contributed by atoms with Gasteiger partial charge >= 0.3 is 0 Å². The van der Waals surface area contributed by atoms with E-state index >= 15 is 0 Å². The molecule has 96 valence electrons. The predicted octanol–water partition coefficient (Wildman–Crippen LogP) is 2.94. The number of nitrogens with one attached hydrogen (secondary N) is 1. The highest BCUT2D eigenvalue weighted by Crippen LogP contribution is 2.15. The number of alkyl halides is 1. The molecular weight excluding hydrogens is 238 g/mol. The molecule has 1 N–H and O–H groups in total. The molecule has 0 saturated carbocycles. The van der Waals surface area contributed by atoms with Crippen LogP contribution in [-0.2, 0) is 0 Å². The van der Waals surface area contributed by atoms with Crippen LogP contribution in [0.25, 0.3) is 0 Å². The Morgan fingerprint density at radius 2 is 2.24 bits per heavy atom. The number of nitrogens with zero attached hydrogens (tertiary/aromatic N) is 2. The van der Waals surface area contributed by atoms with Crippen LogP contribution in [0.4, 0.5) is 5.82 Å². The Hall–Kier alpha value is -1.03. The molecule has 0 radical (unpaired) electrons. The summed E-state index contributed by atoms with van der Waals surface area (Å²) in [6, 6.07) is 1.80. The fourth-order valence-corrected chi connectivity index (χ4v) is 2.02. The van der Waals surface area contributed by atoms with E-state index in [-0.39, 0.29) is 0 Å². The molecule has 4 nitrogen and oxygen atoms in total. The zero-order chi connectivity index (χ0) is 12.5. The summed E-state index contributed by atoms with van der Waals surface area (Å²) >= 11 is 5.79. The lowest BCUT2D eigenvalue weighted by atomic mass is 10.0. The van der Waals surface area contributed by atoms with E-state index in [9.17, 15) is 0 Å². The van der Waals surface area contributed by atoms with Crippen molar-refractivity contribution in [2.45, 2.75) is 26.2 Å². The van der Waals surface area contributed by atoms with Crippen LogP contribution in [0.3, 0.4) is 0 Å². The third-order valence-electron chi connectivity index (χ3n) is 2.64. The maximum Gasteiger partial charge on any atom is 0.218 e. The second-order valence-corrected chi connectivity index (χ2v) is 4.34. The summed E-state index contributed by atoms with van der Waals surface area (Å²) in [7, 11) is 1.60. The zero-order valence-corrected chi connectivity index (χ0v) is 11.2. The van der Waals surface area contributed by atoms with Gasteiger partial charge in [0.25, 0.3) is 0 Å². The number of aromatic nitrogens is 2. The maximum atomic E-state index is 5.79. The van der Waals surface area contributed by atoms with E-state index in [2.05, 4.69) is 22.2 Å². The molecule has 1 atom stereocenters. The van der Waals surface area contributed by atoms with Gasteiger partial charge in [0.05, 0.1) is 7.11 Å². The van der Waals surface area contributed by atoms with E-state index in [1.54, 1.807) is 13.2 Å². The Kier molecular flexibility index (Phi) is 6.70. The van der Waals surface area contributed by atoms with Crippen molar-refractivity contribution in [2.24, 2.45) is 5.92 Å². The molecule has 0 bridgehead atoms. The summed E-state index contributed by atoms with van der Waals surface area (Å²) in [4.78, 5) is 8.11. The average molecular weight is 258 g/mol. The van der Waals surface area contributed by atoms with Crippen LogP contribution in [0.5, 0.6) is 5.88 Å². The molecule has 0 aliphatic carbocycles. The zero-order valence-electron chi connectivity index (χ0n) is 10.4. The molecule has 17 heavy (non-hydrogen) atoms. The van der Waals surface area contributed by atoms with Gasteiger partial charge in [0.2, 0.25) is 5.88 Å². The summed E-state index contributed by atoms with van der Waals surface area (Å²) in [5.41, 5.74) is 0. The van der Waals surface area contributed by atoms with Crippen LogP contribution >= 0.6 is 11.6 Å². The van der Waals surface area contributed by atoms with Gasteiger partial charge in [-0.25, -0.2) is 9.97 Å². The minimum Gasteiger partial charge on any atom is -0.481 e. The van der Waals surface area contributed by atoms with Crippen molar-refractivity contribution in [3.05, 3.63) is 12.4 Å². The number of halogens is 1. The average Bonchev–Trinajstić information content (AvgIpc) is 2.37. The topological polar surface area (TPSA) is 47.0 Å². The first-order valence-electron chi connectivity index (χ1n) is 5.96. The minimum absolute atomic E-state index is 0.576. The lowest BCUT2D eigenvalue weighted by Gasteiger charge is -2.15. The third kappa shape index (κ3) is 5.22. The van der Waals surface area contributed by atoms with Gasteiger partial charge in [-0.1, -0.05) is 13.3 Å². The van der Waals surface area contributed by atoms with Gasteiger partial charge in [0.15, 0.2) is 0 Å². The summed E-state index contributed by atoms with van der Waals surface area (Å²) in [6.45, 7) is 3.08. The normalized spacial score (nSPS) is 12.2. The first kappa shape index (κ1) is 14.0. The molecule has 0 aliphatic rings. The number of anilines is 1. The molecule has 0 saturated heterocycles. The number of methoxy groups -OCH3 is 1. The quantitative estimate of drug-likeness (QED) is 0.728. The Bertz CT molecular complexity index is 316. The predicted molar refractivity (Wildman–Crippen MR) is 70.8 cm³/mol. The van der Waals surface area contributed by atoms with Crippen molar-refractivity contribution in [1.82, 2.24) is 9.97 Å². The Morgan fingerprint density at radius 3 is 2.88 bits per heavy atom. The highest BCUT2D eigenvalue weighted by Gasteiger charge is 2.07. The van der Waals surface area contributed by atoms with E-state index in [4.69, 9.17) is 16.3 Å². The Morgan fingerprint density at radius 1 is 1.41 bits per heavy atom. The molecule has 1 aromatic heterocycles. The van der Waals surface area contributed by atoms with E-state index in [0.29, 0.717) is 17.7 Å². The summed E-state index contributed by atoms with van der Waals surface area (Å²) in [5, 5.41) is 3.30. The highest BCUT2D eigenvalue weighted by molar-refractivity contribution is 6.17. The molecule has 0 amide bonds. The van der Waals surface area contributed by atoms with Gasteiger partial charge in [-0.05, 0) is 18.8 Å². The molecule has 1 unspecified atom stereocenters. The first-order valence-corrected chi connectivity index (χ1v) is 6.49. The smallest absolute Gasteiger partial charge is 0.218 e. The van der Waals surface area contributed by atoms with Crippen molar-refractivity contribution >= 4 is 17.4 Å². The second kappa shape index (κ2) is 8.12. The highest BCUT2D eigenvalue weighted by atomic mass is 35.5. The van der Waals surface area contributed by atoms with E-state index in [1.807, 2.05) is 0 Å². The van der Waals surface area contributed by atoms with Gasteiger partial charge in [-0.2, -0.15) is 0 Å². The molecular formula is C12H20ClN3O. The number of ether oxygens (including phenoxy) is 1. The lowest BCUT2D eigenvalue weighted by molar-refractivity contribution is 0.397. The van der Waals surface area contributed by atoms with Gasteiger partial charge < -0.3 is 10.1 Å². The fraction of sp³-hybridized carbons (Fsp3) is 0.667. The van der Waals surface area contributed by atoms with Crippen LogP contribution in [0.2, 0.25) is 0 Å². The first-order chi connectivity index (χ1) is 8.30. The van der Waals surface area contributed by atoms with Crippen molar-refractivity contribution in [2.75, 3.05) is 24.9 Å². The Balaban J connectivity index is 2.46. The van der Waals surface area contributed by atoms with Gasteiger partial charge in [-0.15, -0.1) is 11.6 Å². The summed E-state index contributed by atoms with van der Waals surface area (Å²) in [6.07, 6.45) is 4.89. The lowest BCUT2D eigenvalue weighted by Crippen LogP contribution is -2.15. The standard InChI is InChI=1S/C12H20ClN3O/c1-3-4-10(5-6-13)8-14-11-7-12(17-2)16-9-15-11/h7,9-10H,3-6,8H2,1-2H3,(H,14,15,16). The molecule has 5 heteroatoms. The van der Waals surface area contributed by atoms with Crippen LogP contribution < -0.4 is 10.1 Å². The van der Waals surface area contributed by atoms with E-state index < -0.39 is 0 Å². The molecule has 0 aliphatic heterocycles. The Labute approximate surface area is 108 Å². The minimum atomic E-state index is 0.576. The monoisotopic (exact) mass is 257 g/mol. The fourth-order valence-electron chi connectivity index (χ4n) is 1.71. The molecule has 0 aromatic carbocycles. The largest absolute Gasteiger partial charge is 0.481 e. The molecule has 1 rings (SSSR count). The number of rotatable bonds is 8. The van der Waals surface area contributed by atoms with Gasteiger partial charge in [-0.3, -0.25) is 0 Å². The summed E-state index contributed by atoms with van der Waals surface area (Å²) in [5.74, 6) is 2.68. The molecule has 0 spiro atoms. The summed E-state index contributed by atoms with van der Waals surface area (Å²) < 4.78 is 5.04. The van der Waals surface area contributed by atoms with Crippen LogP contribution in [0, 0.1) is 5.92 Å². The van der Waals surface area contributed by atoms with Crippen molar-refractivity contribution in [1.29, 1.82) is 0 Å². The SMILES string of the molecule is CCCC(CCCl)CNc1cc(OC)ncn1. The number of hydrogen-bond donors (Lipinski definition) is 1. The van der Waals surface area contributed by atoms with Crippen LogP contribution in [0.15, 0.2) is 12.4 Å². The van der Waals surface area contributed by atoms with Crippen LogP contribution in [-0.4, -0.2) is 29.5 Å². The van der Waals surface area contributed by atoms with Gasteiger partial charge in [0, 0.05) is 18.5 Å². The van der Waals surface area contributed by atoms with Crippen molar-refractivity contribution in [3.8, 4) is 5.88 Å². The second-order valence-electron chi connectivity index (χ2n) is 3.96. The third-order valence-corrected chi connectivity index (χ3v) is 2.86. The van der Waals surface area contributed by atoms with E-state index in [0.717, 1.165) is 18.8 Å². The van der Waals surface area contributed by atoms with Crippen molar-refractivity contribution < 1.29 is 4.74 Å². The van der Waals surface area contributed by atoms with Gasteiger partial charge in [0.1, 0.15) is 12.1 Å². The van der Waals surface area contributed by atoms with Crippen molar-refractivity contribution in [3.63, 3.8) is 0 Å². The molecule has 1 aromatic rings. The maximum absolute atomic E-state index is 5.79. The molecule has 1 heterocycles. The van der Waals surface area contributed by atoms with E-state index in [1.165, 1.54) is 19.2 Å². The number of hydrogen-bond acceptors (Lipinski definition) is 4.